The smallest absolute Gasteiger partial charge is 0.343 e. The van der Waals surface area contributed by atoms with E-state index in [1.54, 1.807) is 0 Å². The van der Waals surface area contributed by atoms with E-state index in [2.05, 4.69) is 4.84 Å². The van der Waals surface area contributed by atoms with Crippen LogP contribution in [-0.2, 0) is 15.8 Å². The summed E-state index contributed by atoms with van der Waals surface area (Å²) in [6.45, 7) is 0. The van der Waals surface area contributed by atoms with Gasteiger partial charge in [-0.25, -0.2) is 9.18 Å². The lowest BCUT2D eigenvalue weighted by molar-refractivity contribution is -0.205. The standard InChI is InChI=1S/C9H5F7N2O2/c10-4-1-2-5(8(11,12)13)6(3-4)17-18-20-7(19)9(14,15)16/h1-3,17-18H. The van der Waals surface area contributed by atoms with E-state index in [4.69, 9.17) is 0 Å². The Balaban J connectivity index is 2.78. The summed E-state index contributed by atoms with van der Waals surface area (Å²) in [6.07, 6.45) is -10.2. The molecule has 0 bridgehead atoms. The van der Waals surface area contributed by atoms with Crippen LogP contribution in [0.1, 0.15) is 5.56 Å². The Hall–Kier alpha value is -2.04. The molecule has 1 aromatic carbocycles. The van der Waals surface area contributed by atoms with Gasteiger partial charge in [0.2, 0.25) is 0 Å². The molecule has 0 spiro atoms. The Morgan fingerprint density at radius 2 is 1.70 bits per heavy atom. The van der Waals surface area contributed by atoms with E-state index < -0.39 is 35.4 Å². The summed E-state index contributed by atoms with van der Waals surface area (Å²) in [5.41, 5.74) is 0.354. The molecule has 0 atom stereocenters. The SMILES string of the molecule is O=C(ONNc1cc(F)ccc1C(F)(F)F)C(F)(F)F. The van der Waals surface area contributed by atoms with Gasteiger partial charge < -0.3 is 4.84 Å². The van der Waals surface area contributed by atoms with Gasteiger partial charge >= 0.3 is 18.3 Å². The third-order valence-electron chi connectivity index (χ3n) is 1.85. The molecular weight excluding hydrogens is 301 g/mol. The molecule has 2 N–H and O–H groups in total. The van der Waals surface area contributed by atoms with Crippen molar-refractivity contribution in [2.45, 2.75) is 12.4 Å². The normalized spacial score (nSPS) is 12.2. The van der Waals surface area contributed by atoms with Crippen molar-refractivity contribution in [3.8, 4) is 0 Å². The van der Waals surface area contributed by atoms with Crippen molar-refractivity contribution < 1.29 is 40.4 Å². The van der Waals surface area contributed by atoms with Crippen LogP contribution in [0.5, 0.6) is 0 Å². The maximum Gasteiger partial charge on any atom is 0.492 e. The van der Waals surface area contributed by atoms with Crippen LogP contribution in [0.4, 0.5) is 36.4 Å². The van der Waals surface area contributed by atoms with E-state index in [0.717, 1.165) is 5.59 Å². The van der Waals surface area contributed by atoms with Crippen LogP contribution < -0.4 is 11.0 Å². The summed E-state index contributed by atoms with van der Waals surface area (Å²) in [6, 6.07) is 1.23. The summed E-state index contributed by atoms with van der Waals surface area (Å²) in [7, 11) is 0. The number of carbonyl (C=O) groups excluding carboxylic acids is 1. The highest BCUT2D eigenvalue weighted by atomic mass is 19.4. The van der Waals surface area contributed by atoms with Crippen molar-refractivity contribution in [3.05, 3.63) is 29.6 Å². The first kappa shape index (κ1) is 16.0. The number of benzene rings is 1. The fourth-order valence-electron chi connectivity index (χ4n) is 1.05. The predicted molar refractivity (Wildman–Crippen MR) is 50.3 cm³/mol. The van der Waals surface area contributed by atoms with Crippen molar-refractivity contribution in [3.63, 3.8) is 0 Å². The number of hydrogen-bond acceptors (Lipinski definition) is 4. The number of alkyl halides is 6. The van der Waals surface area contributed by atoms with E-state index in [1.165, 1.54) is 5.43 Å². The van der Waals surface area contributed by atoms with Gasteiger partial charge in [-0.3, -0.25) is 5.43 Å². The Morgan fingerprint density at radius 1 is 1.10 bits per heavy atom. The van der Waals surface area contributed by atoms with Gasteiger partial charge in [0.05, 0.1) is 11.3 Å². The van der Waals surface area contributed by atoms with Gasteiger partial charge in [-0.05, 0) is 18.2 Å². The lowest BCUT2D eigenvalue weighted by Gasteiger charge is -2.15. The summed E-state index contributed by atoms with van der Waals surface area (Å²) >= 11 is 0. The minimum atomic E-state index is -5.33. The molecule has 112 valence electrons. The molecule has 0 saturated carbocycles. The molecule has 11 heteroatoms. The van der Waals surface area contributed by atoms with E-state index >= 15 is 0 Å². The third kappa shape index (κ3) is 4.26. The van der Waals surface area contributed by atoms with Gasteiger partial charge in [0, 0.05) is 0 Å². The molecule has 0 unspecified atom stereocenters. The highest BCUT2D eigenvalue weighted by Crippen LogP contribution is 2.34. The highest BCUT2D eigenvalue weighted by molar-refractivity contribution is 5.75. The largest absolute Gasteiger partial charge is 0.492 e. The molecule has 1 rings (SSSR count). The minimum Gasteiger partial charge on any atom is -0.343 e. The second kappa shape index (κ2) is 5.53. The molecule has 0 aromatic heterocycles. The third-order valence-corrected chi connectivity index (χ3v) is 1.85. The second-order valence-electron chi connectivity index (χ2n) is 3.30. The van der Waals surface area contributed by atoms with Crippen LogP contribution in [0.15, 0.2) is 18.2 Å². The second-order valence-corrected chi connectivity index (χ2v) is 3.30. The van der Waals surface area contributed by atoms with Crippen LogP contribution in [-0.4, -0.2) is 12.1 Å². The lowest BCUT2D eigenvalue weighted by Crippen LogP contribution is -2.34. The summed E-state index contributed by atoms with van der Waals surface area (Å²) in [5.74, 6) is -3.76. The maximum absolute atomic E-state index is 12.8. The fourth-order valence-corrected chi connectivity index (χ4v) is 1.05. The molecule has 0 aliphatic rings. The maximum atomic E-state index is 12.8. The Kier molecular flexibility index (Phi) is 4.43. The molecular formula is C9H5F7N2O2. The van der Waals surface area contributed by atoms with Crippen LogP contribution in [0.25, 0.3) is 0 Å². The van der Waals surface area contributed by atoms with Crippen LogP contribution in [0.3, 0.4) is 0 Å². The zero-order valence-electron chi connectivity index (χ0n) is 9.19. The zero-order valence-corrected chi connectivity index (χ0v) is 9.19. The van der Waals surface area contributed by atoms with E-state index in [9.17, 15) is 35.5 Å². The molecule has 0 amide bonds. The van der Waals surface area contributed by atoms with Crippen molar-refractivity contribution in [1.29, 1.82) is 0 Å². The molecule has 0 aliphatic heterocycles. The lowest BCUT2D eigenvalue weighted by atomic mass is 10.1. The number of anilines is 1. The van der Waals surface area contributed by atoms with Crippen LogP contribution >= 0.6 is 0 Å². The average molecular weight is 306 g/mol. The van der Waals surface area contributed by atoms with E-state index in [1.807, 2.05) is 0 Å². The van der Waals surface area contributed by atoms with Gasteiger partial charge in [-0.2, -0.15) is 26.3 Å². The predicted octanol–water partition coefficient (Wildman–Crippen LogP) is 2.78. The van der Waals surface area contributed by atoms with E-state index in [-0.39, 0.29) is 0 Å². The Morgan fingerprint density at radius 3 is 2.20 bits per heavy atom. The van der Waals surface area contributed by atoms with Crippen LogP contribution in [0.2, 0.25) is 0 Å². The molecule has 0 radical (unpaired) electrons. The zero-order chi connectivity index (χ0) is 15.6. The first-order valence-corrected chi connectivity index (χ1v) is 4.67. The molecule has 4 nitrogen and oxygen atoms in total. The van der Waals surface area contributed by atoms with Gasteiger partial charge in [-0.1, -0.05) is 5.59 Å². The highest BCUT2D eigenvalue weighted by Gasteiger charge is 2.41. The Labute approximate surface area is 106 Å². The van der Waals surface area contributed by atoms with Crippen molar-refractivity contribution in [2.75, 3.05) is 5.43 Å². The number of halogens is 7. The van der Waals surface area contributed by atoms with Crippen molar-refractivity contribution >= 4 is 11.7 Å². The number of rotatable bonds is 3. The van der Waals surface area contributed by atoms with Crippen LogP contribution in [0, 0.1) is 5.82 Å². The first-order chi connectivity index (χ1) is 9.01. The van der Waals surface area contributed by atoms with Gasteiger partial charge in [0.15, 0.2) is 0 Å². The molecule has 1 aromatic rings. The molecule has 0 fully saturated rings. The van der Waals surface area contributed by atoms with Crippen molar-refractivity contribution in [2.24, 2.45) is 0 Å². The summed E-state index contributed by atoms with van der Waals surface area (Å²) in [5, 5.41) is 0. The average Bonchev–Trinajstić information content (AvgIpc) is 2.25. The van der Waals surface area contributed by atoms with Gasteiger partial charge in [0.1, 0.15) is 5.82 Å². The van der Waals surface area contributed by atoms with Gasteiger partial charge in [0.25, 0.3) is 0 Å². The van der Waals surface area contributed by atoms with Gasteiger partial charge in [-0.15, -0.1) is 0 Å². The molecule has 0 heterocycles. The van der Waals surface area contributed by atoms with Crippen molar-refractivity contribution in [1.82, 2.24) is 5.59 Å². The fraction of sp³-hybridized carbons (Fsp3) is 0.222. The summed E-state index contributed by atoms with van der Waals surface area (Å²) < 4.78 is 85.4. The topological polar surface area (TPSA) is 50.4 Å². The first-order valence-electron chi connectivity index (χ1n) is 4.67. The Bertz CT molecular complexity index is 498. The monoisotopic (exact) mass is 306 g/mol. The number of hydrazine groups is 1. The molecule has 0 saturated heterocycles. The minimum absolute atomic E-state index is 0.358. The number of hydrogen-bond donors (Lipinski definition) is 2. The quantitative estimate of drug-likeness (QED) is 0.666. The van der Waals surface area contributed by atoms with E-state index in [0.29, 0.717) is 18.2 Å². The molecule has 20 heavy (non-hydrogen) atoms. The molecule has 0 aliphatic carbocycles. The number of nitrogens with one attached hydrogen (secondary N) is 2. The number of carbonyl (C=O) groups is 1. The summed E-state index contributed by atoms with van der Waals surface area (Å²) in [4.78, 5) is 13.7.